The first-order chi connectivity index (χ1) is 8.12. The topological polar surface area (TPSA) is 58.6 Å². The first kappa shape index (κ1) is 13.9. The molecule has 2 N–H and O–H groups in total. The second-order valence-corrected chi connectivity index (χ2v) is 12.0. The molecular formula is C13H25NO3Si. The van der Waals surface area contributed by atoms with Crippen LogP contribution in [0.1, 0.15) is 33.6 Å². The van der Waals surface area contributed by atoms with Gasteiger partial charge < -0.3 is 14.8 Å². The minimum Gasteiger partial charge on any atom is -0.465 e. The average molecular weight is 271 g/mol. The van der Waals surface area contributed by atoms with Gasteiger partial charge in [0.15, 0.2) is 8.32 Å². The molecule has 1 amide bonds. The molecule has 0 aromatic heterocycles. The summed E-state index contributed by atoms with van der Waals surface area (Å²) in [5.74, 6) is 1.05. The van der Waals surface area contributed by atoms with E-state index >= 15 is 0 Å². The first-order valence-corrected chi connectivity index (χ1v) is 9.70. The number of hydrogen-bond donors (Lipinski definition) is 2. The van der Waals surface area contributed by atoms with Crippen molar-refractivity contribution in [3.8, 4) is 0 Å². The average Bonchev–Trinajstić information content (AvgIpc) is 2.64. The molecule has 0 bridgehead atoms. The van der Waals surface area contributed by atoms with Gasteiger partial charge in [0.2, 0.25) is 0 Å². The van der Waals surface area contributed by atoms with Crippen LogP contribution in [0.15, 0.2) is 0 Å². The Hall–Kier alpha value is -0.553. The van der Waals surface area contributed by atoms with Crippen LogP contribution in [0.25, 0.3) is 0 Å². The number of rotatable bonds is 3. The molecule has 0 saturated heterocycles. The molecule has 1 unspecified atom stereocenters. The zero-order valence-corrected chi connectivity index (χ0v) is 13.0. The van der Waals surface area contributed by atoms with Crippen molar-refractivity contribution in [3.63, 3.8) is 0 Å². The largest absolute Gasteiger partial charge is 0.465 e. The lowest BCUT2D eigenvalue weighted by molar-refractivity contribution is 0.164. The van der Waals surface area contributed by atoms with E-state index in [2.05, 4.69) is 39.2 Å². The van der Waals surface area contributed by atoms with E-state index in [1.54, 1.807) is 0 Å². The summed E-state index contributed by atoms with van der Waals surface area (Å²) in [7, 11) is -1.67. The number of fused-ring (bicyclic) bond motifs is 1. The minimum atomic E-state index is -1.67. The maximum atomic E-state index is 10.6. The molecule has 0 spiro atoms. The third kappa shape index (κ3) is 2.57. The molecule has 2 fully saturated rings. The lowest BCUT2D eigenvalue weighted by Crippen LogP contribution is -2.44. The molecule has 104 valence electrons. The zero-order valence-electron chi connectivity index (χ0n) is 12.0. The van der Waals surface area contributed by atoms with E-state index in [0.717, 1.165) is 12.8 Å². The molecule has 5 heteroatoms. The second-order valence-electron chi connectivity index (χ2n) is 7.27. The van der Waals surface area contributed by atoms with Crippen LogP contribution in [0.4, 0.5) is 4.79 Å². The fourth-order valence-corrected chi connectivity index (χ4v) is 4.22. The van der Waals surface area contributed by atoms with Crippen molar-refractivity contribution in [2.45, 2.75) is 63.9 Å². The van der Waals surface area contributed by atoms with Gasteiger partial charge in [-0.15, -0.1) is 0 Å². The highest BCUT2D eigenvalue weighted by Crippen LogP contribution is 2.54. The molecule has 4 nitrogen and oxygen atoms in total. The van der Waals surface area contributed by atoms with E-state index in [1.807, 2.05) is 0 Å². The van der Waals surface area contributed by atoms with Crippen molar-refractivity contribution in [2.24, 2.45) is 11.8 Å². The van der Waals surface area contributed by atoms with Crippen molar-refractivity contribution < 1.29 is 14.3 Å². The van der Waals surface area contributed by atoms with Crippen LogP contribution in [0.5, 0.6) is 0 Å². The number of hydrogen-bond acceptors (Lipinski definition) is 2. The summed E-state index contributed by atoms with van der Waals surface area (Å²) < 4.78 is 6.38. The van der Waals surface area contributed by atoms with Gasteiger partial charge in [0.1, 0.15) is 0 Å². The highest BCUT2D eigenvalue weighted by atomic mass is 28.4. The van der Waals surface area contributed by atoms with Gasteiger partial charge >= 0.3 is 6.09 Å². The third-order valence-corrected chi connectivity index (χ3v) is 9.49. The van der Waals surface area contributed by atoms with Gasteiger partial charge in [0, 0.05) is 12.1 Å². The maximum absolute atomic E-state index is 10.6. The molecule has 0 heterocycles. The molecule has 2 aliphatic rings. The van der Waals surface area contributed by atoms with Crippen LogP contribution in [-0.4, -0.2) is 31.7 Å². The highest BCUT2D eigenvalue weighted by Gasteiger charge is 2.58. The summed E-state index contributed by atoms with van der Waals surface area (Å²) in [6, 6.07) is 0.196. The van der Waals surface area contributed by atoms with Crippen LogP contribution in [0, 0.1) is 11.8 Å². The first-order valence-electron chi connectivity index (χ1n) is 6.79. The highest BCUT2D eigenvalue weighted by molar-refractivity contribution is 6.74. The van der Waals surface area contributed by atoms with E-state index in [4.69, 9.17) is 9.53 Å². The van der Waals surface area contributed by atoms with E-state index in [1.165, 1.54) is 0 Å². The van der Waals surface area contributed by atoms with Crippen molar-refractivity contribution in [3.05, 3.63) is 0 Å². The zero-order chi connectivity index (χ0) is 13.7. The lowest BCUT2D eigenvalue weighted by atomic mass is 10.2. The Morgan fingerprint density at radius 1 is 1.28 bits per heavy atom. The summed E-state index contributed by atoms with van der Waals surface area (Å²) in [6.45, 7) is 11.3. The van der Waals surface area contributed by atoms with Crippen molar-refractivity contribution in [1.82, 2.24) is 5.32 Å². The van der Waals surface area contributed by atoms with E-state index in [-0.39, 0.29) is 11.1 Å². The normalized spacial score (nSPS) is 35.2. The van der Waals surface area contributed by atoms with Gasteiger partial charge in [0.05, 0.1) is 0 Å². The number of carbonyl (C=O) groups is 1. The number of amides is 1. The van der Waals surface area contributed by atoms with Gasteiger partial charge in [0.25, 0.3) is 0 Å². The quantitative estimate of drug-likeness (QED) is 0.776. The van der Waals surface area contributed by atoms with Gasteiger partial charge in [-0.25, -0.2) is 4.79 Å². The molecule has 4 atom stereocenters. The van der Waals surface area contributed by atoms with Crippen molar-refractivity contribution in [1.29, 1.82) is 0 Å². The van der Waals surface area contributed by atoms with Crippen LogP contribution < -0.4 is 5.32 Å². The Kier molecular flexibility index (Phi) is 3.26. The predicted molar refractivity (Wildman–Crippen MR) is 73.2 cm³/mol. The Morgan fingerprint density at radius 2 is 1.78 bits per heavy atom. The Bertz CT molecular complexity index is 339. The third-order valence-electron chi connectivity index (χ3n) is 4.96. The molecule has 0 aliphatic heterocycles. The second kappa shape index (κ2) is 4.23. The molecule has 2 rings (SSSR count). The van der Waals surface area contributed by atoms with Gasteiger partial charge in [-0.1, -0.05) is 20.8 Å². The summed E-state index contributed by atoms with van der Waals surface area (Å²) in [4.78, 5) is 10.6. The van der Waals surface area contributed by atoms with Crippen LogP contribution in [-0.2, 0) is 4.43 Å². The molecule has 0 radical (unpaired) electrons. The summed E-state index contributed by atoms with van der Waals surface area (Å²) >= 11 is 0. The fraction of sp³-hybridized carbons (Fsp3) is 0.923. The number of carboxylic acid groups (broad SMARTS) is 1. The van der Waals surface area contributed by atoms with Gasteiger partial charge in [-0.2, -0.15) is 0 Å². The van der Waals surface area contributed by atoms with E-state index in [0.29, 0.717) is 17.9 Å². The van der Waals surface area contributed by atoms with E-state index in [9.17, 15) is 4.79 Å². The Balaban J connectivity index is 1.82. The minimum absolute atomic E-state index is 0.196. The van der Waals surface area contributed by atoms with Crippen LogP contribution in [0.2, 0.25) is 18.1 Å². The molecule has 0 aromatic rings. The standard InChI is InChI=1S/C13H25NO3Si/c1-13(2,3)18(4,5)17-8-6-9-10(7-8)11(9)14-12(15)16/h8-11,14H,6-7H2,1-5H3,(H,15,16)/t8?,9-,10+,11-. The van der Waals surface area contributed by atoms with Gasteiger partial charge in [-0.3, -0.25) is 0 Å². The Labute approximate surface area is 110 Å². The molecule has 0 aromatic carbocycles. The summed E-state index contributed by atoms with van der Waals surface area (Å²) in [5.41, 5.74) is 0. The molecule has 18 heavy (non-hydrogen) atoms. The summed E-state index contributed by atoms with van der Waals surface area (Å²) in [5, 5.41) is 11.6. The van der Waals surface area contributed by atoms with Crippen molar-refractivity contribution in [2.75, 3.05) is 0 Å². The monoisotopic (exact) mass is 271 g/mol. The molecule has 2 saturated carbocycles. The number of nitrogens with one attached hydrogen (secondary N) is 1. The van der Waals surface area contributed by atoms with Crippen LogP contribution in [0.3, 0.4) is 0 Å². The smallest absolute Gasteiger partial charge is 0.404 e. The molecule has 2 aliphatic carbocycles. The van der Waals surface area contributed by atoms with Crippen LogP contribution >= 0.6 is 0 Å². The maximum Gasteiger partial charge on any atom is 0.404 e. The molecular weight excluding hydrogens is 246 g/mol. The fourth-order valence-electron chi connectivity index (χ4n) is 2.84. The lowest BCUT2D eigenvalue weighted by Gasteiger charge is -2.39. The SMILES string of the molecule is CC(C)(C)[Si](C)(C)OC1C[C@@H]2[C@H](C1)[C@@H]2NC(=O)O. The Morgan fingerprint density at radius 3 is 2.17 bits per heavy atom. The van der Waals surface area contributed by atoms with E-state index < -0.39 is 14.4 Å². The van der Waals surface area contributed by atoms with Crippen molar-refractivity contribution >= 4 is 14.4 Å². The summed E-state index contributed by atoms with van der Waals surface area (Å²) in [6.07, 6.45) is 1.52. The van der Waals surface area contributed by atoms with Gasteiger partial charge in [-0.05, 0) is 42.8 Å². The predicted octanol–water partition coefficient (Wildman–Crippen LogP) is 3.05.